The van der Waals surface area contributed by atoms with Gasteiger partial charge in [-0.05, 0) is 142 Å². The number of rotatable bonds is 1. The molecule has 2 nitrogen and oxygen atoms in total. The monoisotopic (exact) mass is 878 g/mol. The summed E-state index contributed by atoms with van der Waals surface area (Å²) in [5.74, 6) is 0. The molecule has 9 aromatic rings. The molecule has 3 aliphatic carbocycles. The van der Waals surface area contributed by atoms with Crippen LogP contribution in [-0.4, -0.2) is 11.4 Å². The van der Waals surface area contributed by atoms with Crippen LogP contribution in [0, 0.1) is 0 Å². The number of hydrogen-bond donors (Lipinski definition) is 0. The molecule has 0 radical (unpaired) electrons. The number of anilines is 2. The van der Waals surface area contributed by atoms with E-state index in [2.05, 4.69) is 232 Å². The first-order valence-electron chi connectivity index (χ1n) is 25.0. The number of hydrogen-bond acceptors (Lipinski definition) is 1. The summed E-state index contributed by atoms with van der Waals surface area (Å²) in [6.07, 6.45) is 0. The second kappa shape index (κ2) is 12.5. The third-order valence-electron chi connectivity index (χ3n) is 17.7. The number of nitrogens with zero attached hydrogens (tertiary/aromatic N) is 2. The van der Waals surface area contributed by atoms with Crippen LogP contribution in [0.2, 0.25) is 0 Å². The van der Waals surface area contributed by atoms with Gasteiger partial charge in [0.15, 0.2) is 0 Å². The summed E-state index contributed by atoms with van der Waals surface area (Å²) >= 11 is 0. The summed E-state index contributed by atoms with van der Waals surface area (Å²) in [6, 6.07) is 55.6. The van der Waals surface area contributed by atoms with Crippen LogP contribution in [0.25, 0.3) is 72.0 Å². The van der Waals surface area contributed by atoms with Gasteiger partial charge in [0.25, 0.3) is 0 Å². The molecule has 0 atom stereocenters. The van der Waals surface area contributed by atoms with Crippen LogP contribution in [0.3, 0.4) is 0 Å². The lowest BCUT2D eigenvalue weighted by molar-refractivity contribution is 0.589. The van der Waals surface area contributed by atoms with Gasteiger partial charge in [-0.3, -0.25) is 0 Å². The predicted molar refractivity (Wildman–Crippen MR) is 290 cm³/mol. The Bertz CT molecular complexity index is 3780. The maximum Gasteiger partial charge on any atom is 0.333 e. The molecular formula is C65H59BN2. The lowest BCUT2D eigenvalue weighted by Gasteiger charge is -2.43. The standard InChI is InChI=1S/C65H59BN2/c1-61(2,3)36-21-24-38(25-22-36)68-55-34-51-44(43-31-37(62(4,5)6)23-28-49(43)65(51,11)12)32-46(55)40-26-27-42-58-54(30-29-50-57(58)41-18-14-16-20-48(41)63(50,7)8)67-56-35-52-45(33-53(56)66(68)59(40)60(42)67)39-17-13-15-19-47(39)64(52,9)10/h13-35H,1-12H3. The van der Waals surface area contributed by atoms with Gasteiger partial charge in [-0.1, -0.05) is 186 Å². The van der Waals surface area contributed by atoms with Crippen molar-refractivity contribution in [1.29, 1.82) is 0 Å². The van der Waals surface area contributed by atoms with Crippen molar-refractivity contribution in [2.75, 3.05) is 4.81 Å². The molecule has 332 valence electrons. The Hall–Kier alpha value is -6.58. The van der Waals surface area contributed by atoms with E-state index in [-0.39, 0.29) is 33.9 Å². The van der Waals surface area contributed by atoms with E-state index in [1.807, 2.05) is 0 Å². The maximum absolute atomic E-state index is 2.75. The van der Waals surface area contributed by atoms with Crippen molar-refractivity contribution in [3.8, 4) is 50.2 Å². The van der Waals surface area contributed by atoms with Crippen LogP contribution in [0.4, 0.5) is 11.4 Å². The summed E-state index contributed by atoms with van der Waals surface area (Å²) in [5.41, 5.74) is 31.0. The molecule has 2 aliphatic heterocycles. The second-order valence-electron chi connectivity index (χ2n) is 24.6. The van der Waals surface area contributed by atoms with E-state index in [1.54, 1.807) is 0 Å². The lowest BCUT2D eigenvalue weighted by Crippen LogP contribution is -2.60. The minimum absolute atomic E-state index is 0.0339. The van der Waals surface area contributed by atoms with Crippen molar-refractivity contribution < 1.29 is 0 Å². The molecule has 0 spiro atoms. The highest BCUT2D eigenvalue weighted by molar-refractivity contribution is 6.93. The maximum atomic E-state index is 2.75. The second-order valence-corrected chi connectivity index (χ2v) is 24.6. The summed E-state index contributed by atoms with van der Waals surface area (Å²) in [4.78, 5) is 2.75. The Labute approximate surface area is 402 Å². The minimum Gasteiger partial charge on any atom is -0.376 e. The van der Waals surface area contributed by atoms with E-state index >= 15 is 0 Å². The first kappa shape index (κ1) is 40.5. The molecule has 8 aromatic carbocycles. The molecule has 0 unspecified atom stereocenters. The van der Waals surface area contributed by atoms with Gasteiger partial charge < -0.3 is 9.38 Å². The minimum atomic E-state index is -0.167. The number of fused-ring (bicyclic) bond motifs is 18. The zero-order valence-corrected chi connectivity index (χ0v) is 41.8. The topological polar surface area (TPSA) is 8.17 Å². The third kappa shape index (κ3) is 4.85. The van der Waals surface area contributed by atoms with Gasteiger partial charge in [0.2, 0.25) is 0 Å². The molecule has 14 rings (SSSR count). The smallest absolute Gasteiger partial charge is 0.333 e. The van der Waals surface area contributed by atoms with Crippen molar-refractivity contribution in [2.45, 2.75) is 110 Å². The van der Waals surface area contributed by atoms with Crippen LogP contribution in [-0.2, 0) is 27.1 Å². The quantitative estimate of drug-likeness (QED) is 0.149. The lowest BCUT2D eigenvalue weighted by atomic mass is 9.43. The molecule has 5 aliphatic rings. The highest BCUT2D eigenvalue weighted by atomic mass is 15.1. The summed E-state index contributed by atoms with van der Waals surface area (Å²) < 4.78 is 2.70. The molecule has 1 aromatic heterocycles. The zero-order chi connectivity index (χ0) is 46.9. The van der Waals surface area contributed by atoms with E-state index in [4.69, 9.17) is 0 Å². The molecule has 0 amide bonds. The van der Waals surface area contributed by atoms with Gasteiger partial charge in [-0.25, -0.2) is 0 Å². The van der Waals surface area contributed by atoms with E-state index in [0.29, 0.717) is 0 Å². The van der Waals surface area contributed by atoms with Gasteiger partial charge >= 0.3 is 6.85 Å². The molecule has 0 saturated carbocycles. The van der Waals surface area contributed by atoms with Crippen LogP contribution in [0.15, 0.2) is 140 Å². The van der Waals surface area contributed by atoms with Gasteiger partial charge in [0, 0.05) is 49.6 Å². The Morgan fingerprint density at radius 1 is 0.426 bits per heavy atom. The van der Waals surface area contributed by atoms with Gasteiger partial charge in [0.1, 0.15) is 0 Å². The van der Waals surface area contributed by atoms with E-state index in [0.717, 1.165) is 0 Å². The molecule has 0 bridgehead atoms. The Balaban J connectivity index is 1.15. The fraction of sp³-hybridized carbons (Fsp3) is 0.262. The third-order valence-corrected chi connectivity index (χ3v) is 17.7. The van der Waals surface area contributed by atoms with Crippen molar-refractivity contribution >= 4 is 51.0 Å². The van der Waals surface area contributed by atoms with Gasteiger partial charge in [-0.15, -0.1) is 0 Å². The van der Waals surface area contributed by atoms with Gasteiger partial charge in [-0.2, -0.15) is 0 Å². The molecule has 68 heavy (non-hydrogen) atoms. The Kier molecular flexibility index (Phi) is 7.47. The molecule has 3 heteroatoms. The average molecular weight is 879 g/mol. The number of aromatic nitrogens is 1. The summed E-state index contributed by atoms with van der Waals surface area (Å²) in [7, 11) is 0. The van der Waals surface area contributed by atoms with Crippen LogP contribution < -0.4 is 15.7 Å². The Morgan fingerprint density at radius 3 is 1.68 bits per heavy atom. The molecule has 0 fully saturated rings. The predicted octanol–water partition coefficient (Wildman–Crippen LogP) is 15.5. The average Bonchev–Trinajstić information content (AvgIpc) is 3.93. The van der Waals surface area contributed by atoms with E-state index < -0.39 is 0 Å². The van der Waals surface area contributed by atoms with Gasteiger partial charge in [0.05, 0.1) is 11.0 Å². The first-order chi connectivity index (χ1) is 32.3. The fourth-order valence-corrected chi connectivity index (χ4v) is 14.0. The largest absolute Gasteiger partial charge is 0.376 e. The van der Waals surface area contributed by atoms with E-state index in [9.17, 15) is 0 Å². The van der Waals surface area contributed by atoms with Crippen molar-refractivity contribution in [1.82, 2.24) is 4.57 Å². The molecule has 3 heterocycles. The molecular weight excluding hydrogens is 820 g/mol. The number of benzene rings is 8. The van der Waals surface area contributed by atoms with Crippen LogP contribution in [0.1, 0.15) is 128 Å². The van der Waals surface area contributed by atoms with Crippen molar-refractivity contribution in [3.63, 3.8) is 0 Å². The van der Waals surface area contributed by atoms with E-state index in [1.165, 1.54) is 139 Å². The highest BCUT2D eigenvalue weighted by Crippen LogP contribution is 2.58. The van der Waals surface area contributed by atoms with Crippen molar-refractivity contribution in [2.24, 2.45) is 0 Å². The highest BCUT2D eigenvalue weighted by Gasteiger charge is 2.49. The Morgan fingerprint density at radius 2 is 0.985 bits per heavy atom. The summed E-state index contributed by atoms with van der Waals surface area (Å²) in [5, 5.41) is 2.72. The van der Waals surface area contributed by atoms with Crippen LogP contribution in [0.5, 0.6) is 0 Å². The zero-order valence-electron chi connectivity index (χ0n) is 41.8. The molecule has 0 N–H and O–H groups in total. The SMILES string of the molecule is CC(C)(C)c1ccc(N2B3c4cc5c(cc4-n4c6ccc7c(c6c6ccc(c3c64)-c3cc4c(cc32)C(C)(C)c2ccc(C(C)(C)C)cc2-4)-c2ccccc2C7(C)C)C(C)(C)c2ccccc2-5)cc1. The fourth-order valence-electron chi connectivity index (χ4n) is 14.0. The summed E-state index contributed by atoms with van der Waals surface area (Å²) in [6.45, 7) is 28.5. The van der Waals surface area contributed by atoms with Crippen molar-refractivity contribution in [3.05, 3.63) is 184 Å². The normalized spacial score (nSPS) is 16.8. The first-order valence-corrected chi connectivity index (χ1v) is 25.0. The molecule has 0 saturated heterocycles. The van der Waals surface area contributed by atoms with Crippen LogP contribution >= 0.6 is 0 Å².